The van der Waals surface area contributed by atoms with Crippen LogP contribution in [0.25, 0.3) is 0 Å². The second kappa shape index (κ2) is 7.27. The molecular formula is C13H22N2. The van der Waals surface area contributed by atoms with Gasteiger partial charge in [-0.3, -0.25) is 0 Å². The van der Waals surface area contributed by atoms with Gasteiger partial charge in [-0.2, -0.15) is 0 Å². The van der Waals surface area contributed by atoms with Gasteiger partial charge in [0, 0.05) is 12.2 Å². The number of pyridine rings is 1. The third-order valence-corrected chi connectivity index (χ3v) is 2.55. The van der Waals surface area contributed by atoms with Gasteiger partial charge in [0.15, 0.2) is 0 Å². The average molecular weight is 206 g/mol. The predicted octanol–water partition coefficient (Wildman–Crippen LogP) is 3.85. The predicted molar refractivity (Wildman–Crippen MR) is 66.1 cm³/mol. The molecular weight excluding hydrogens is 184 g/mol. The highest BCUT2D eigenvalue weighted by atomic mass is 15.0. The number of nitrogens with one attached hydrogen (secondary N) is 1. The first kappa shape index (κ1) is 12.0. The Bertz CT molecular complexity index is 246. The van der Waals surface area contributed by atoms with Crippen LogP contribution in [0.15, 0.2) is 24.4 Å². The zero-order valence-electron chi connectivity index (χ0n) is 9.87. The molecule has 0 bridgehead atoms. The Morgan fingerprint density at radius 1 is 1.27 bits per heavy atom. The maximum atomic E-state index is 4.25. The summed E-state index contributed by atoms with van der Waals surface area (Å²) in [6, 6.07) is 6.50. The maximum absolute atomic E-state index is 4.25. The van der Waals surface area contributed by atoms with Crippen LogP contribution < -0.4 is 5.32 Å². The Hall–Kier alpha value is -1.05. The first-order chi connectivity index (χ1) is 7.33. The van der Waals surface area contributed by atoms with Crippen molar-refractivity contribution in [2.75, 3.05) is 5.32 Å². The lowest BCUT2D eigenvalue weighted by Gasteiger charge is -2.13. The fourth-order valence-electron chi connectivity index (χ4n) is 1.65. The number of hydrogen-bond acceptors (Lipinski definition) is 2. The summed E-state index contributed by atoms with van der Waals surface area (Å²) < 4.78 is 0. The number of rotatable bonds is 7. The Morgan fingerprint density at radius 2 is 2.13 bits per heavy atom. The van der Waals surface area contributed by atoms with E-state index in [1.165, 1.54) is 32.1 Å². The van der Waals surface area contributed by atoms with E-state index in [9.17, 15) is 0 Å². The molecule has 0 fully saturated rings. The molecule has 1 aromatic heterocycles. The highest BCUT2D eigenvalue weighted by Crippen LogP contribution is 2.09. The topological polar surface area (TPSA) is 24.9 Å². The molecule has 1 N–H and O–H groups in total. The van der Waals surface area contributed by atoms with Crippen molar-refractivity contribution in [3.05, 3.63) is 24.4 Å². The van der Waals surface area contributed by atoms with Crippen molar-refractivity contribution in [3.8, 4) is 0 Å². The van der Waals surface area contributed by atoms with E-state index in [1.54, 1.807) is 0 Å². The van der Waals surface area contributed by atoms with Crippen LogP contribution in [0.1, 0.15) is 46.0 Å². The van der Waals surface area contributed by atoms with Crippen LogP contribution in [-0.4, -0.2) is 11.0 Å². The first-order valence-corrected chi connectivity index (χ1v) is 6.00. The second-order valence-corrected chi connectivity index (χ2v) is 4.11. The van der Waals surface area contributed by atoms with Crippen LogP contribution in [0.2, 0.25) is 0 Å². The van der Waals surface area contributed by atoms with E-state index in [-0.39, 0.29) is 0 Å². The SMILES string of the molecule is CCCCCCC(C)Nc1ccccn1. The van der Waals surface area contributed by atoms with Gasteiger partial charge in [-0.15, -0.1) is 0 Å². The van der Waals surface area contributed by atoms with Crippen molar-refractivity contribution in [1.29, 1.82) is 0 Å². The molecule has 1 heterocycles. The molecule has 1 rings (SSSR count). The van der Waals surface area contributed by atoms with Crippen molar-refractivity contribution in [2.24, 2.45) is 0 Å². The van der Waals surface area contributed by atoms with E-state index in [0.717, 1.165) is 5.82 Å². The summed E-state index contributed by atoms with van der Waals surface area (Å²) in [5, 5.41) is 3.41. The van der Waals surface area contributed by atoms with Gasteiger partial charge in [-0.25, -0.2) is 4.98 Å². The highest BCUT2D eigenvalue weighted by Gasteiger charge is 2.01. The number of nitrogens with zero attached hydrogens (tertiary/aromatic N) is 1. The van der Waals surface area contributed by atoms with Crippen molar-refractivity contribution in [3.63, 3.8) is 0 Å². The van der Waals surface area contributed by atoms with Crippen molar-refractivity contribution in [2.45, 2.75) is 52.0 Å². The minimum atomic E-state index is 0.525. The van der Waals surface area contributed by atoms with Crippen LogP contribution >= 0.6 is 0 Å². The molecule has 0 amide bonds. The van der Waals surface area contributed by atoms with Gasteiger partial charge in [0.2, 0.25) is 0 Å². The lowest BCUT2D eigenvalue weighted by molar-refractivity contribution is 0.593. The van der Waals surface area contributed by atoms with Gasteiger partial charge in [0.05, 0.1) is 0 Å². The van der Waals surface area contributed by atoms with Crippen LogP contribution in [-0.2, 0) is 0 Å². The monoisotopic (exact) mass is 206 g/mol. The summed E-state index contributed by atoms with van der Waals surface area (Å²) in [6.45, 7) is 4.47. The summed E-state index contributed by atoms with van der Waals surface area (Å²) in [4.78, 5) is 4.25. The van der Waals surface area contributed by atoms with Crippen molar-refractivity contribution in [1.82, 2.24) is 4.98 Å². The van der Waals surface area contributed by atoms with E-state index in [0.29, 0.717) is 6.04 Å². The zero-order chi connectivity index (χ0) is 10.9. The molecule has 0 aromatic carbocycles. The second-order valence-electron chi connectivity index (χ2n) is 4.11. The molecule has 0 spiro atoms. The van der Waals surface area contributed by atoms with Gasteiger partial charge in [-0.05, 0) is 25.5 Å². The molecule has 1 atom stereocenters. The number of anilines is 1. The summed E-state index contributed by atoms with van der Waals surface area (Å²) in [7, 11) is 0. The summed E-state index contributed by atoms with van der Waals surface area (Å²) >= 11 is 0. The molecule has 15 heavy (non-hydrogen) atoms. The molecule has 0 aliphatic heterocycles. The summed E-state index contributed by atoms with van der Waals surface area (Å²) in [6.07, 6.45) is 8.39. The van der Waals surface area contributed by atoms with Crippen molar-refractivity contribution < 1.29 is 0 Å². The maximum Gasteiger partial charge on any atom is 0.126 e. The van der Waals surface area contributed by atoms with Crippen LogP contribution in [0.5, 0.6) is 0 Å². The largest absolute Gasteiger partial charge is 0.368 e. The average Bonchev–Trinajstić information content (AvgIpc) is 2.26. The fraction of sp³-hybridized carbons (Fsp3) is 0.615. The van der Waals surface area contributed by atoms with Gasteiger partial charge >= 0.3 is 0 Å². The Balaban J connectivity index is 2.16. The smallest absolute Gasteiger partial charge is 0.126 e. The lowest BCUT2D eigenvalue weighted by Crippen LogP contribution is -2.15. The van der Waals surface area contributed by atoms with E-state index in [4.69, 9.17) is 0 Å². The molecule has 0 aliphatic rings. The molecule has 0 aliphatic carbocycles. The zero-order valence-corrected chi connectivity index (χ0v) is 9.87. The van der Waals surface area contributed by atoms with Gasteiger partial charge in [-0.1, -0.05) is 38.7 Å². The quantitative estimate of drug-likeness (QED) is 0.685. The van der Waals surface area contributed by atoms with Crippen LogP contribution in [0, 0.1) is 0 Å². The Kier molecular flexibility index (Phi) is 5.83. The van der Waals surface area contributed by atoms with E-state index >= 15 is 0 Å². The molecule has 1 aromatic rings. The van der Waals surface area contributed by atoms with E-state index in [2.05, 4.69) is 24.1 Å². The van der Waals surface area contributed by atoms with Crippen molar-refractivity contribution >= 4 is 5.82 Å². The fourth-order valence-corrected chi connectivity index (χ4v) is 1.65. The molecule has 0 saturated carbocycles. The summed E-state index contributed by atoms with van der Waals surface area (Å²) in [5.74, 6) is 0.987. The highest BCUT2D eigenvalue weighted by molar-refractivity contribution is 5.33. The molecule has 2 heteroatoms. The third-order valence-electron chi connectivity index (χ3n) is 2.55. The van der Waals surface area contributed by atoms with Crippen LogP contribution in [0.3, 0.4) is 0 Å². The van der Waals surface area contributed by atoms with Crippen LogP contribution in [0.4, 0.5) is 5.82 Å². The molecule has 1 unspecified atom stereocenters. The van der Waals surface area contributed by atoms with E-state index < -0.39 is 0 Å². The Morgan fingerprint density at radius 3 is 2.80 bits per heavy atom. The first-order valence-electron chi connectivity index (χ1n) is 6.00. The normalized spacial score (nSPS) is 12.4. The molecule has 84 valence electrons. The molecule has 0 saturated heterocycles. The molecule has 2 nitrogen and oxygen atoms in total. The van der Waals surface area contributed by atoms with Gasteiger partial charge in [0.25, 0.3) is 0 Å². The Labute approximate surface area is 93.1 Å². The van der Waals surface area contributed by atoms with Gasteiger partial charge < -0.3 is 5.32 Å². The number of unbranched alkanes of at least 4 members (excludes halogenated alkanes) is 3. The lowest BCUT2D eigenvalue weighted by atomic mass is 10.1. The van der Waals surface area contributed by atoms with E-state index in [1.807, 2.05) is 24.4 Å². The van der Waals surface area contributed by atoms with Gasteiger partial charge in [0.1, 0.15) is 5.82 Å². The summed E-state index contributed by atoms with van der Waals surface area (Å²) in [5.41, 5.74) is 0. The minimum Gasteiger partial charge on any atom is -0.368 e. The minimum absolute atomic E-state index is 0.525. The number of aromatic nitrogens is 1. The standard InChI is InChI=1S/C13H22N2/c1-3-4-5-6-9-12(2)15-13-10-7-8-11-14-13/h7-8,10-12H,3-6,9H2,1-2H3,(H,14,15). The molecule has 0 radical (unpaired) electrons. The number of hydrogen-bond donors (Lipinski definition) is 1. The third kappa shape index (κ3) is 5.40.